The van der Waals surface area contributed by atoms with E-state index < -0.39 is 0 Å². The van der Waals surface area contributed by atoms with Gasteiger partial charge in [0.25, 0.3) is 5.91 Å². The van der Waals surface area contributed by atoms with Crippen LogP contribution in [0.2, 0.25) is 0 Å². The van der Waals surface area contributed by atoms with Crippen molar-refractivity contribution in [2.24, 2.45) is 0 Å². The molecule has 0 saturated carbocycles. The van der Waals surface area contributed by atoms with Crippen LogP contribution in [0.1, 0.15) is 77.7 Å². The fraction of sp³-hybridized carbons (Fsp3) is 0.372. The molecule has 8 heteroatoms. The number of fused-ring (bicyclic) bond motifs is 1. The molecule has 3 amide bonds. The van der Waals surface area contributed by atoms with E-state index in [1.807, 2.05) is 17.0 Å². The quantitative estimate of drug-likeness (QED) is 0.136. The molecule has 3 aliphatic rings. The molecular weight excluding hydrogens is 638 g/mol. The van der Waals surface area contributed by atoms with E-state index >= 15 is 0 Å². The summed E-state index contributed by atoms with van der Waals surface area (Å²) in [6.07, 6.45) is 5.13. The van der Waals surface area contributed by atoms with E-state index in [1.165, 1.54) is 22.3 Å². The van der Waals surface area contributed by atoms with Crippen LogP contribution < -0.4 is 14.8 Å². The van der Waals surface area contributed by atoms with Gasteiger partial charge in [0.05, 0.1) is 12.5 Å². The third kappa shape index (κ3) is 8.51. The van der Waals surface area contributed by atoms with E-state index in [0.717, 1.165) is 56.6 Å². The molecule has 2 aliphatic heterocycles. The van der Waals surface area contributed by atoms with E-state index in [1.54, 1.807) is 12.1 Å². The highest BCUT2D eigenvalue weighted by Crippen LogP contribution is 2.46. The Hall–Kier alpha value is -4.95. The standard InChI is InChI=1S/C43H47N3O5/c47-40-23-22-39(43(49)44-40)33-12-17-36(18-13-33)51-30-41(48)46-27-25-45(26-28-46)24-6-7-29-50-35-19-14-34(15-20-35)42-37-11-5-4-10-32(37)16-21-38(42)31-8-2-1-3-9-31/h1-5,8-15,17-20,38-39,42H,6-7,16,21-30H2,(H,44,47,49). The van der Waals surface area contributed by atoms with Crippen LogP contribution >= 0.6 is 0 Å². The van der Waals surface area contributed by atoms with Crippen LogP contribution in [0.3, 0.4) is 0 Å². The van der Waals surface area contributed by atoms with Crippen molar-refractivity contribution in [3.8, 4) is 11.5 Å². The first-order valence-corrected chi connectivity index (χ1v) is 18.4. The molecule has 2 fully saturated rings. The number of hydrogen-bond donors (Lipinski definition) is 1. The largest absolute Gasteiger partial charge is 0.494 e. The van der Waals surface area contributed by atoms with Gasteiger partial charge in [-0.25, -0.2) is 0 Å². The summed E-state index contributed by atoms with van der Waals surface area (Å²) in [7, 11) is 0. The van der Waals surface area contributed by atoms with Crippen LogP contribution in [0.5, 0.6) is 11.5 Å². The van der Waals surface area contributed by atoms with E-state index in [-0.39, 0.29) is 30.2 Å². The molecule has 3 unspecified atom stereocenters. The first-order chi connectivity index (χ1) is 25.0. The summed E-state index contributed by atoms with van der Waals surface area (Å²) in [4.78, 5) is 40.7. The molecular formula is C43H47N3O5. The maximum absolute atomic E-state index is 12.8. The van der Waals surface area contributed by atoms with Crippen LogP contribution in [-0.2, 0) is 20.8 Å². The number of aryl methyl sites for hydroxylation is 1. The Balaban J connectivity index is 0.809. The molecule has 264 valence electrons. The zero-order valence-corrected chi connectivity index (χ0v) is 29.2. The molecule has 4 aromatic carbocycles. The van der Waals surface area contributed by atoms with Gasteiger partial charge in [-0.05, 0) is 96.6 Å². The molecule has 2 saturated heterocycles. The second-order valence-electron chi connectivity index (χ2n) is 13.9. The number of piperidine rings is 1. The Morgan fingerprint density at radius 1 is 0.686 bits per heavy atom. The average molecular weight is 686 g/mol. The summed E-state index contributed by atoms with van der Waals surface area (Å²) < 4.78 is 11.9. The number of carbonyl (C=O) groups excluding carboxylic acids is 3. The van der Waals surface area contributed by atoms with Gasteiger partial charge in [0, 0.05) is 38.5 Å². The van der Waals surface area contributed by atoms with Gasteiger partial charge in [0.1, 0.15) is 11.5 Å². The molecule has 7 rings (SSSR count). The number of imide groups is 1. The van der Waals surface area contributed by atoms with E-state index in [2.05, 4.69) is 89.1 Å². The lowest BCUT2D eigenvalue weighted by Gasteiger charge is -2.34. The van der Waals surface area contributed by atoms with Gasteiger partial charge in [-0.15, -0.1) is 0 Å². The predicted molar refractivity (Wildman–Crippen MR) is 197 cm³/mol. The third-order valence-electron chi connectivity index (χ3n) is 10.7. The highest BCUT2D eigenvalue weighted by molar-refractivity contribution is 6.00. The second kappa shape index (κ2) is 16.4. The molecule has 2 heterocycles. The predicted octanol–water partition coefficient (Wildman–Crippen LogP) is 6.45. The van der Waals surface area contributed by atoms with Crippen molar-refractivity contribution in [1.29, 1.82) is 0 Å². The molecule has 0 spiro atoms. The van der Waals surface area contributed by atoms with Crippen LogP contribution in [0, 0.1) is 0 Å². The van der Waals surface area contributed by atoms with Crippen molar-refractivity contribution in [3.63, 3.8) is 0 Å². The topological polar surface area (TPSA) is 88.2 Å². The van der Waals surface area contributed by atoms with Crippen LogP contribution in [0.25, 0.3) is 0 Å². The lowest BCUT2D eigenvalue weighted by Crippen LogP contribution is -2.50. The summed E-state index contributed by atoms with van der Waals surface area (Å²) in [6.45, 7) is 4.74. The van der Waals surface area contributed by atoms with Crippen LogP contribution in [0.4, 0.5) is 0 Å². The second-order valence-corrected chi connectivity index (χ2v) is 13.9. The normalized spacial score (nSPS) is 20.7. The number of unbranched alkanes of at least 4 members (excludes halogenated alkanes) is 1. The Morgan fingerprint density at radius 2 is 1.37 bits per heavy atom. The molecule has 1 aliphatic carbocycles. The third-order valence-corrected chi connectivity index (χ3v) is 10.7. The molecule has 8 nitrogen and oxygen atoms in total. The first-order valence-electron chi connectivity index (χ1n) is 18.4. The van der Waals surface area contributed by atoms with Gasteiger partial charge in [-0.1, -0.05) is 78.9 Å². The molecule has 4 aromatic rings. The number of hydrogen-bond acceptors (Lipinski definition) is 6. The lowest BCUT2D eigenvalue weighted by atomic mass is 9.69. The fourth-order valence-corrected chi connectivity index (χ4v) is 7.89. The number of carbonyl (C=O) groups is 3. The Morgan fingerprint density at radius 3 is 2.12 bits per heavy atom. The zero-order valence-electron chi connectivity index (χ0n) is 29.2. The molecule has 3 atom stereocenters. The van der Waals surface area contributed by atoms with Crippen molar-refractivity contribution in [2.45, 2.75) is 56.3 Å². The van der Waals surface area contributed by atoms with Crippen molar-refractivity contribution in [3.05, 3.63) is 131 Å². The average Bonchev–Trinajstić information content (AvgIpc) is 3.17. The van der Waals surface area contributed by atoms with Crippen LogP contribution in [-0.4, -0.2) is 73.5 Å². The Labute approximate surface area is 300 Å². The van der Waals surface area contributed by atoms with Gasteiger partial charge in [0.15, 0.2) is 6.61 Å². The van der Waals surface area contributed by atoms with E-state index in [9.17, 15) is 14.4 Å². The maximum Gasteiger partial charge on any atom is 0.260 e. The van der Waals surface area contributed by atoms with Gasteiger partial charge in [-0.2, -0.15) is 0 Å². The Bertz CT molecular complexity index is 1780. The fourth-order valence-electron chi connectivity index (χ4n) is 7.89. The molecule has 0 radical (unpaired) electrons. The highest BCUT2D eigenvalue weighted by Gasteiger charge is 2.32. The summed E-state index contributed by atoms with van der Waals surface area (Å²) in [6, 6.07) is 35.9. The van der Waals surface area contributed by atoms with Gasteiger partial charge in [-0.3, -0.25) is 24.6 Å². The number of ether oxygens (including phenoxy) is 2. The Kier molecular flexibility index (Phi) is 11.1. The van der Waals surface area contributed by atoms with Crippen molar-refractivity contribution in [1.82, 2.24) is 15.1 Å². The highest BCUT2D eigenvalue weighted by atomic mass is 16.5. The minimum Gasteiger partial charge on any atom is -0.494 e. The van der Waals surface area contributed by atoms with Crippen molar-refractivity contribution >= 4 is 17.7 Å². The monoisotopic (exact) mass is 685 g/mol. The maximum atomic E-state index is 12.8. The number of amides is 3. The molecule has 1 N–H and O–H groups in total. The summed E-state index contributed by atoms with van der Waals surface area (Å²) in [5.74, 6) is 1.45. The van der Waals surface area contributed by atoms with E-state index in [0.29, 0.717) is 50.1 Å². The number of nitrogens with one attached hydrogen (secondary N) is 1. The first kappa shape index (κ1) is 34.5. The minimum absolute atomic E-state index is 0.0162. The van der Waals surface area contributed by atoms with Gasteiger partial charge >= 0.3 is 0 Å². The molecule has 0 bridgehead atoms. The summed E-state index contributed by atoms with van der Waals surface area (Å²) >= 11 is 0. The van der Waals surface area contributed by atoms with Crippen molar-refractivity contribution < 1.29 is 23.9 Å². The van der Waals surface area contributed by atoms with Crippen LogP contribution in [0.15, 0.2) is 103 Å². The number of nitrogens with zero attached hydrogens (tertiary/aromatic N) is 2. The van der Waals surface area contributed by atoms with Gasteiger partial charge in [0.2, 0.25) is 11.8 Å². The summed E-state index contributed by atoms with van der Waals surface area (Å²) in [5.41, 5.74) is 6.50. The smallest absolute Gasteiger partial charge is 0.260 e. The lowest BCUT2D eigenvalue weighted by molar-refractivity contribution is -0.135. The summed E-state index contributed by atoms with van der Waals surface area (Å²) in [5, 5.41) is 2.39. The number of piperazine rings is 1. The molecule has 0 aromatic heterocycles. The molecule has 51 heavy (non-hydrogen) atoms. The minimum atomic E-state index is -0.334. The number of benzene rings is 4. The SMILES string of the molecule is O=C1CCC(c2ccc(OCC(=O)N3CCN(CCCCOc4ccc(C5c6ccccc6CCC5c5ccccc5)cc4)CC3)cc2)C(=O)N1. The van der Waals surface area contributed by atoms with Crippen molar-refractivity contribution in [2.75, 3.05) is 45.9 Å². The number of rotatable bonds is 12. The zero-order chi connectivity index (χ0) is 35.0. The van der Waals surface area contributed by atoms with Gasteiger partial charge < -0.3 is 14.4 Å². The van der Waals surface area contributed by atoms with E-state index in [4.69, 9.17) is 9.47 Å².